The highest BCUT2D eigenvalue weighted by atomic mass is 79.9. The van der Waals surface area contributed by atoms with E-state index in [4.69, 9.17) is 9.84 Å². The normalized spacial score (nSPS) is 18.9. The molecule has 1 fully saturated rings. The number of carboxylic acids is 1. The van der Waals surface area contributed by atoms with Crippen LogP contribution in [0.25, 0.3) is 0 Å². The lowest BCUT2D eigenvalue weighted by molar-refractivity contribution is 0.0697. The molecule has 0 aliphatic carbocycles. The van der Waals surface area contributed by atoms with E-state index in [1.54, 1.807) is 0 Å². The second kappa shape index (κ2) is 6.11. The fourth-order valence-electron chi connectivity index (χ4n) is 2.01. The Morgan fingerprint density at radius 1 is 1.45 bits per heavy atom. The van der Waals surface area contributed by atoms with Crippen LogP contribution < -0.4 is 4.72 Å². The Morgan fingerprint density at radius 3 is 2.80 bits per heavy atom. The number of aromatic carboxylic acids is 1. The lowest BCUT2D eigenvalue weighted by atomic mass is 10.2. The van der Waals surface area contributed by atoms with Crippen LogP contribution in [0.3, 0.4) is 0 Å². The molecule has 0 aromatic heterocycles. The zero-order valence-corrected chi connectivity index (χ0v) is 12.9. The Balaban J connectivity index is 2.13. The summed E-state index contributed by atoms with van der Waals surface area (Å²) < 4.78 is 32.2. The molecule has 1 aliphatic heterocycles. The molecule has 20 heavy (non-hydrogen) atoms. The third-order valence-corrected chi connectivity index (χ3v) is 4.66. The minimum Gasteiger partial charge on any atom is -0.478 e. The van der Waals surface area contributed by atoms with Crippen molar-refractivity contribution in [2.24, 2.45) is 0 Å². The molecule has 1 unspecified atom stereocenters. The lowest BCUT2D eigenvalue weighted by Crippen LogP contribution is -2.25. The first kappa shape index (κ1) is 15.3. The topological polar surface area (TPSA) is 92.7 Å². The minimum atomic E-state index is -3.57. The molecule has 1 aromatic rings. The van der Waals surface area contributed by atoms with Crippen molar-refractivity contribution in [3.05, 3.63) is 28.2 Å². The first-order chi connectivity index (χ1) is 9.35. The van der Waals surface area contributed by atoms with E-state index < -0.39 is 16.0 Å². The zero-order chi connectivity index (χ0) is 14.8. The van der Waals surface area contributed by atoms with E-state index in [0.717, 1.165) is 12.8 Å². The summed E-state index contributed by atoms with van der Waals surface area (Å²) in [5, 5.41) is 8.94. The fourth-order valence-corrected chi connectivity index (χ4v) is 3.82. The van der Waals surface area contributed by atoms with E-state index in [1.165, 1.54) is 18.2 Å². The van der Waals surface area contributed by atoms with Gasteiger partial charge in [-0.15, -0.1) is 0 Å². The smallest absolute Gasteiger partial charge is 0.335 e. The van der Waals surface area contributed by atoms with E-state index in [2.05, 4.69) is 20.7 Å². The maximum absolute atomic E-state index is 12.0. The SMILES string of the molecule is O=C(O)c1cc(Br)cc(NS(=O)(=O)CC2CCCO2)c1. The number of ether oxygens (including phenoxy) is 1. The number of anilines is 1. The molecule has 1 saturated heterocycles. The van der Waals surface area contributed by atoms with Gasteiger partial charge < -0.3 is 9.84 Å². The van der Waals surface area contributed by atoms with Crippen molar-refractivity contribution in [2.75, 3.05) is 17.1 Å². The van der Waals surface area contributed by atoms with Crippen LogP contribution in [-0.2, 0) is 14.8 Å². The van der Waals surface area contributed by atoms with Crippen molar-refractivity contribution in [3.8, 4) is 0 Å². The minimum absolute atomic E-state index is 0.00851. The molecule has 110 valence electrons. The predicted molar refractivity (Wildman–Crippen MR) is 77.5 cm³/mol. The summed E-state index contributed by atoms with van der Waals surface area (Å²) in [6, 6.07) is 4.19. The predicted octanol–water partition coefficient (Wildman–Crippen LogP) is 2.07. The first-order valence-corrected chi connectivity index (χ1v) is 8.46. The number of carbonyl (C=O) groups is 1. The second-order valence-electron chi connectivity index (χ2n) is 4.55. The van der Waals surface area contributed by atoms with E-state index in [1.807, 2.05) is 0 Å². The highest BCUT2D eigenvalue weighted by Gasteiger charge is 2.23. The molecule has 1 atom stereocenters. The van der Waals surface area contributed by atoms with Gasteiger partial charge in [0.2, 0.25) is 10.0 Å². The fraction of sp³-hybridized carbons (Fsp3) is 0.417. The van der Waals surface area contributed by atoms with Gasteiger partial charge in [-0.3, -0.25) is 4.72 Å². The van der Waals surface area contributed by atoms with E-state index in [0.29, 0.717) is 11.1 Å². The van der Waals surface area contributed by atoms with Crippen LogP contribution in [0.1, 0.15) is 23.2 Å². The van der Waals surface area contributed by atoms with Gasteiger partial charge >= 0.3 is 5.97 Å². The molecule has 8 heteroatoms. The molecule has 0 radical (unpaired) electrons. The molecule has 0 bridgehead atoms. The van der Waals surface area contributed by atoms with Crippen LogP contribution in [-0.4, -0.2) is 38.0 Å². The number of hydrogen-bond donors (Lipinski definition) is 2. The lowest BCUT2D eigenvalue weighted by Gasteiger charge is -2.12. The van der Waals surface area contributed by atoms with E-state index in [9.17, 15) is 13.2 Å². The average molecular weight is 364 g/mol. The molecule has 1 heterocycles. The Bertz CT molecular complexity index is 610. The number of sulfonamides is 1. The number of hydrogen-bond acceptors (Lipinski definition) is 4. The number of rotatable bonds is 5. The molecule has 0 spiro atoms. The maximum Gasteiger partial charge on any atom is 0.335 e. The number of benzene rings is 1. The number of carboxylic acid groups (broad SMARTS) is 1. The van der Waals surface area contributed by atoms with Crippen molar-refractivity contribution < 1.29 is 23.1 Å². The van der Waals surface area contributed by atoms with Crippen LogP contribution in [0.4, 0.5) is 5.69 Å². The summed E-state index contributed by atoms with van der Waals surface area (Å²) in [7, 11) is -3.57. The van der Waals surface area contributed by atoms with E-state index in [-0.39, 0.29) is 23.1 Å². The molecule has 6 nitrogen and oxygen atoms in total. The highest BCUT2D eigenvalue weighted by molar-refractivity contribution is 9.10. The van der Waals surface area contributed by atoms with Gasteiger partial charge in [-0.1, -0.05) is 15.9 Å². The summed E-state index contributed by atoms with van der Waals surface area (Å²) in [5.74, 6) is -1.24. The van der Waals surface area contributed by atoms with Gasteiger partial charge in [-0.05, 0) is 31.0 Å². The Hall–Kier alpha value is -1.12. The summed E-state index contributed by atoms with van der Waals surface area (Å²) in [6.45, 7) is 0.584. The summed E-state index contributed by atoms with van der Waals surface area (Å²) in [5.41, 5.74) is 0.226. The molecule has 2 N–H and O–H groups in total. The summed E-state index contributed by atoms with van der Waals surface area (Å²) in [4.78, 5) is 10.9. The molecule has 0 amide bonds. The maximum atomic E-state index is 12.0. The third-order valence-electron chi connectivity index (χ3n) is 2.85. The zero-order valence-electron chi connectivity index (χ0n) is 10.5. The van der Waals surface area contributed by atoms with Crippen LogP contribution in [0.5, 0.6) is 0 Å². The van der Waals surface area contributed by atoms with Crippen LogP contribution >= 0.6 is 15.9 Å². The summed E-state index contributed by atoms with van der Waals surface area (Å²) in [6.07, 6.45) is 1.29. The molecule has 1 aliphatic rings. The number of nitrogens with one attached hydrogen (secondary N) is 1. The van der Waals surface area contributed by atoms with Crippen molar-refractivity contribution in [3.63, 3.8) is 0 Å². The monoisotopic (exact) mass is 363 g/mol. The Kier molecular flexibility index (Phi) is 4.66. The van der Waals surface area contributed by atoms with Crippen molar-refractivity contribution in [1.82, 2.24) is 0 Å². The molecule has 0 saturated carbocycles. The molecular weight excluding hydrogens is 350 g/mol. The quantitative estimate of drug-likeness (QED) is 0.835. The highest BCUT2D eigenvalue weighted by Crippen LogP contribution is 2.22. The standard InChI is InChI=1S/C12H14BrNO5S/c13-9-4-8(12(15)16)5-10(6-9)14-20(17,18)7-11-2-1-3-19-11/h4-6,11,14H,1-3,7H2,(H,15,16). The van der Waals surface area contributed by atoms with Gasteiger partial charge in [0.25, 0.3) is 0 Å². The van der Waals surface area contributed by atoms with Crippen molar-refractivity contribution in [1.29, 1.82) is 0 Å². The van der Waals surface area contributed by atoms with Gasteiger partial charge in [0.05, 0.1) is 23.1 Å². The van der Waals surface area contributed by atoms with Crippen LogP contribution in [0.2, 0.25) is 0 Å². The van der Waals surface area contributed by atoms with E-state index >= 15 is 0 Å². The second-order valence-corrected chi connectivity index (χ2v) is 7.23. The number of halogens is 1. The van der Waals surface area contributed by atoms with Crippen LogP contribution in [0.15, 0.2) is 22.7 Å². The third kappa shape index (κ3) is 4.19. The van der Waals surface area contributed by atoms with Gasteiger partial charge in [-0.25, -0.2) is 13.2 Å². The van der Waals surface area contributed by atoms with Crippen molar-refractivity contribution >= 4 is 37.6 Å². The van der Waals surface area contributed by atoms with Gasteiger partial charge in [0, 0.05) is 11.1 Å². The molecule has 1 aromatic carbocycles. The average Bonchev–Trinajstić information content (AvgIpc) is 2.79. The first-order valence-electron chi connectivity index (χ1n) is 6.02. The Labute approximate surface area is 125 Å². The largest absolute Gasteiger partial charge is 0.478 e. The van der Waals surface area contributed by atoms with Gasteiger partial charge in [-0.2, -0.15) is 0 Å². The Morgan fingerprint density at radius 2 is 2.20 bits per heavy atom. The van der Waals surface area contributed by atoms with Crippen molar-refractivity contribution in [2.45, 2.75) is 18.9 Å². The molecule has 2 rings (SSSR count). The van der Waals surface area contributed by atoms with Gasteiger partial charge in [0.15, 0.2) is 0 Å². The molecular formula is C12H14BrNO5S. The van der Waals surface area contributed by atoms with Crippen LogP contribution in [0, 0.1) is 0 Å². The van der Waals surface area contributed by atoms with Gasteiger partial charge in [0.1, 0.15) is 0 Å². The summed E-state index contributed by atoms with van der Waals surface area (Å²) >= 11 is 3.15.